The lowest BCUT2D eigenvalue weighted by molar-refractivity contribution is 0.0798. The predicted molar refractivity (Wildman–Crippen MR) is 78.4 cm³/mol. The molecule has 1 atom stereocenters. The molecular formula is C16H24N2O. The summed E-state index contributed by atoms with van der Waals surface area (Å²) in [7, 11) is 0. The zero-order valence-corrected chi connectivity index (χ0v) is 11.9. The summed E-state index contributed by atoms with van der Waals surface area (Å²) < 4.78 is 0. The van der Waals surface area contributed by atoms with E-state index in [0.29, 0.717) is 6.04 Å². The van der Waals surface area contributed by atoms with Crippen molar-refractivity contribution in [1.82, 2.24) is 4.90 Å². The van der Waals surface area contributed by atoms with E-state index in [4.69, 9.17) is 5.73 Å². The van der Waals surface area contributed by atoms with Crippen LogP contribution in [0.4, 0.5) is 0 Å². The van der Waals surface area contributed by atoms with E-state index in [1.165, 1.54) is 5.56 Å². The first kappa shape index (κ1) is 14.2. The third-order valence-corrected chi connectivity index (χ3v) is 4.15. The number of rotatable bonds is 4. The fourth-order valence-corrected chi connectivity index (χ4v) is 2.62. The van der Waals surface area contributed by atoms with Gasteiger partial charge in [-0.25, -0.2) is 0 Å². The molecule has 1 aromatic rings. The fourth-order valence-electron chi connectivity index (χ4n) is 2.62. The maximum Gasteiger partial charge on any atom is 0.179 e. The van der Waals surface area contributed by atoms with E-state index < -0.39 is 0 Å². The first-order valence-corrected chi connectivity index (χ1v) is 7.24. The van der Waals surface area contributed by atoms with Crippen LogP contribution in [-0.4, -0.2) is 35.9 Å². The summed E-state index contributed by atoms with van der Waals surface area (Å²) in [6, 6.07) is 8.26. The van der Waals surface area contributed by atoms with Crippen LogP contribution in [0.3, 0.4) is 0 Å². The second-order valence-corrected chi connectivity index (χ2v) is 5.46. The Hall–Kier alpha value is -1.19. The van der Waals surface area contributed by atoms with Gasteiger partial charge in [-0.15, -0.1) is 0 Å². The number of nitrogens with two attached hydrogens (primary N) is 1. The van der Waals surface area contributed by atoms with Gasteiger partial charge < -0.3 is 5.73 Å². The minimum Gasteiger partial charge on any atom is -0.328 e. The Kier molecular flexibility index (Phi) is 4.72. The van der Waals surface area contributed by atoms with Gasteiger partial charge in [0.15, 0.2) is 5.78 Å². The highest BCUT2D eigenvalue weighted by Gasteiger charge is 2.25. The average Bonchev–Trinajstić information content (AvgIpc) is 2.46. The average molecular weight is 260 g/mol. The number of carbonyl (C=O) groups is 1. The van der Waals surface area contributed by atoms with Gasteiger partial charge in [-0.3, -0.25) is 9.69 Å². The van der Waals surface area contributed by atoms with E-state index in [-0.39, 0.29) is 11.8 Å². The quantitative estimate of drug-likeness (QED) is 0.845. The molecule has 0 saturated carbocycles. The van der Waals surface area contributed by atoms with Gasteiger partial charge in [0.1, 0.15) is 0 Å². The Bertz CT molecular complexity index is 419. The monoisotopic (exact) mass is 260 g/mol. The summed E-state index contributed by atoms with van der Waals surface area (Å²) in [5.74, 6) is 0.220. The number of benzene rings is 1. The molecule has 1 saturated heterocycles. The fraction of sp³-hybridized carbons (Fsp3) is 0.562. The molecule has 0 aliphatic carbocycles. The SMILES string of the molecule is CCc1ccc(C(=O)C(C)N2CCC(N)CC2)cc1. The van der Waals surface area contributed by atoms with Crippen LogP contribution in [0.1, 0.15) is 42.6 Å². The van der Waals surface area contributed by atoms with Crippen molar-refractivity contribution in [3.8, 4) is 0 Å². The molecule has 1 aliphatic rings. The summed E-state index contributed by atoms with van der Waals surface area (Å²) in [5, 5.41) is 0. The minimum atomic E-state index is -0.0417. The maximum absolute atomic E-state index is 12.5. The number of hydrogen-bond acceptors (Lipinski definition) is 3. The van der Waals surface area contributed by atoms with Crippen LogP contribution in [0.2, 0.25) is 0 Å². The molecule has 2 rings (SSSR count). The van der Waals surface area contributed by atoms with Crippen LogP contribution >= 0.6 is 0 Å². The molecule has 1 fully saturated rings. The van der Waals surface area contributed by atoms with Crippen molar-refractivity contribution in [2.24, 2.45) is 5.73 Å². The smallest absolute Gasteiger partial charge is 0.179 e. The summed E-state index contributed by atoms with van der Waals surface area (Å²) in [6.07, 6.45) is 2.99. The topological polar surface area (TPSA) is 46.3 Å². The predicted octanol–water partition coefficient (Wildman–Crippen LogP) is 2.24. The summed E-state index contributed by atoms with van der Waals surface area (Å²) in [6.45, 7) is 5.99. The van der Waals surface area contributed by atoms with Crippen LogP contribution in [0.15, 0.2) is 24.3 Å². The molecule has 0 amide bonds. The Balaban J connectivity index is 2.01. The molecule has 104 valence electrons. The van der Waals surface area contributed by atoms with Crippen LogP contribution in [-0.2, 0) is 6.42 Å². The van der Waals surface area contributed by atoms with E-state index in [1.807, 2.05) is 31.2 Å². The van der Waals surface area contributed by atoms with Crippen molar-refractivity contribution in [2.75, 3.05) is 13.1 Å². The zero-order chi connectivity index (χ0) is 13.8. The molecular weight excluding hydrogens is 236 g/mol. The number of hydrogen-bond donors (Lipinski definition) is 1. The molecule has 2 N–H and O–H groups in total. The Labute approximate surface area is 115 Å². The molecule has 19 heavy (non-hydrogen) atoms. The van der Waals surface area contributed by atoms with Crippen molar-refractivity contribution < 1.29 is 4.79 Å². The largest absolute Gasteiger partial charge is 0.328 e. The van der Waals surface area contributed by atoms with Crippen molar-refractivity contribution in [1.29, 1.82) is 0 Å². The molecule has 1 heterocycles. The molecule has 3 heteroatoms. The number of nitrogens with zero attached hydrogens (tertiary/aromatic N) is 1. The highest BCUT2D eigenvalue weighted by atomic mass is 16.1. The van der Waals surface area contributed by atoms with Gasteiger partial charge in [-0.05, 0) is 31.7 Å². The lowest BCUT2D eigenvalue weighted by Gasteiger charge is -2.34. The second kappa shape index (κ2) is 6.31. The number of Topliss-reactive ketones (excluding diaryl/α,β-unsaturated/α-hetero) is 1. The van der Waals surface area contributed by atoms with Crippen molar-refractivity contribution >= 4 is 5.78 Å². The van der Waals surface area contributed by atoms with Gasteiger partial charge in [0.25, 0.3) is 0 Å². The van der Waals surface area contributed by atoms with Gasteiger partial charge in [-0.1, -0.05) is 31.2 Å². The van der Waals surface area contributed by atoms with E-state index in [1.54, 1.807) is 0 Å². The number of piperidine rings is 1. The lowest BCUT2D eigenvalue weighted by Crippen LogP contribution is -2.46. The molecule has 0 aromatic heterocycles. The second-order valence-electron chi connectivity index (χ2n) is 5.46. The first-order chi connectivity index (χ1) is 9.11. The molecule has 0 spiro atoms. The Morgan fingerprint density at radius 3 is 2.42 bits per heavy atom. The van der Waals surface area contributed by atoms with Crippen LogP contribution < -0.4 is 5.73 Å². The normalized spacial score (nSPS) is 19.3. The minimum absolute atomic E-state index is 0.0417. The molecule has 3 nitrogen and oxygen atoms in total. The van der Waals surface area contributed by atoms with Crippen molar-refractivity contribution in [2.45, 2.75) is 45.2 Å². The van der Waals surface area contributed by atoms with E-state index >= 15 is 0 Å². The van der Waals surface area contributed by atoms with Gasteiger partial charge in [0.05, 0.1) is 6.04 Å². The van der Waals surface area contributed by atoms with Crippen LogP contribution in [0, 0.1) is 0 Å². The third kappa shape index (κ3) is 3.43. The Morgan fingerprint density at radius 2 is 1.89 bits per heavy atom. The van der Waals surface area contributed by atoms with Crippen LogP contribution in [0.25, 0.3) is 0 Å². The molecule has 1 aromatic carbocycles. The molecule has 1 unspecified atom stereocenters. The highest BCUT2D eigenvalue weighted by Crippen LogP contribution is 2.16. The van der Waals surface area contributed by atoms with Crippen LogP contribution in [0.5, 0.6) is 0 Å². The first-order valence-electron chi connectivity index (χ1n) is 7.24. The number of aryl methyl sites for hydroxylation is 1. The molecule has 0 radical (unpaired) electrons. The third-order valence-electron chi connectivity index (χ3n) is 4.15. The molecule has 0 bridgehead atoms. The van der Waals surface area contributed by atoms with Gasteiger partial charge in [0, 0.05) is 24.7 Å². The lowest BCUT2D eigenvalue weighted by atomic mass is 9.99. The molecule has 1 aliphatic heterocycles. The summed E-state index contributed by atoms with van der Waals surface area (Å²) in [5.41, 5.74) is 8.00. The van der Waals surface area contributed by atoms with E-state index in [9.17, 15) is 4.79 Å². The zero-order valence-electron chi connectivity index (χ0n) is 11.9. The van der Waals surface area contributed by atoms with Crippen molar-refractivity contribution in [3.63, 3.8) is 0 Å². The maximum atomic E-state index is 12.5. The number of carbonyl (C=O) groups excluding carboxylic acids is 1. The summed E-state index contributed by atoms with van der Waals surface area (Å²) in [4.78, 5) is 14.7. The standard InChI is InChI=1S/C16H24N2O/c1-3-13-4-6-14(7-5-13)16(19)12(2)18-10-8-15(17)9-11-18/h4-7,12,15H,3,8-11,17H2,1-2H3. The van der Waals surface area contributed by atoms with Gasteiger partial charge >= 0.3 is 0 Å². The van der Waals surface area contributed by atoms with Gasteiger partial charge in [-0.2, -0.15) is 0 Å². The van der Waals surface area contributed by atoms with E-state index in [2.05, 4.69) is 11.8 Å². The number of likely N-dealkylation sites (tertiary alicyclic amines) is 1. The highest BCUT2D eigenvalue weighted by molar-refractivity contribution is 5.99. The summed E-state index contributed by atoms with van der Waals surface area (Å²) >= 11 is 0. The number of ketones is 1. The van der Waals surface area contributed by atoms with E-state index in [0.717, 1.165) is 37.9 Å². The Morgan fingerprint density at radius 1 is 1.32 bits per heavy atom. The van der Waals surface area contributed by atoms with Crippen molar-refractivity contribution in [3.05, 3.63) is 35.4 Å². The van der Waals surface area contributed by atoms with Gasteiger partial charge in [0.2, 0.25) is 0 Å².